The summed E-state index contributed by atoms with van der Waals surface area (Å²) in [4.78, 5) is 17.2. The molecule has 0 spiro atoms. The van der Waals surface area contributed by atoms with E-state index in [9.17, 15) is 9.18 Å². The molecule has 1 amide bonds. The third kappa shape index (κ3) is 4.50. The molecule has 6 rings (SSSR count). The Morgan fingerprint density at radius 3 is 2.74 bits per heavy atom. The van der Waals surface area contributed by atoms with E-state index in [1.807, 2.05) is 29.2 Å². The van der Waals surface area contributed by atoms with Crippen LogP contribution in [0.4, 0.5) is 4.39 Å². The number of benzene rings is 2. The van der Waals surface area contributed by atoms with Crippen LogP contribution in [0.3, 0.4) is 0 Å². The van der Waals surface area contributed by atoms with Crippen molar-refractivity contribution in [3.63, 3.8) is 0 Å². The number of likely N-dealkylation sites (tertiary alicyclic amines) is 2. The summed E-state index contributed by atoms with van der Waals surface area (Å²) in [6, 6.07) is 10.6. The highest BCUT2D eigenvalue weighted by Gasteiger charge is 2.32. The second kappa shape index (κ2) is 9.34. The van der Waals surface area contributed by atoms with Crippen molar-refractivity contribution in [2.24, 2.45) is 0 Å². The summed E-state index contributed by atoms with van der Waals surface area (Å²) in [5.41, 5.74) is 2.39. The molecule has 1 atom stereocenters. The molecule has 0 saturated carbocycles. The van der Waals surface area contributed by atoms with Crippen LogP contribution in [-0.2, 0) is 4.79 Å². The van der Waals surface area contributed by atoms with Crippen molar-refractivity contribution < 1.29 is 23.2 Å². The molecule has 2 saturated heterocycles. The number of rotatable bonds is 6. The maximum Gasteiger partial charge on any atom is 0.246 e. The lowest BCUT2D eigenvalue weighted by Gasteiger charge is -2.42. The van der Waals surface area contributed by atoms with E-state index < -0.39 is 0 Å². The molecule has 3 aliphatic heterocycles. The first-order valence-corrected chi connectivity index (χ1v) is 12.3. The fourth-order valence-electron chi connectivity index (χ4n) is 5.30. The average Bonchev–Trinajstić information content (AvgIpc) is 3.49. The van der Waals surface area contributed by atoms with Crippen molar-refractivity contribution in [3.8, 4) is 11.5 Å². The van der Waals surface area contributed by atoms with E-state index in [0.717, 1.165) is 80.0 Å². The standard InChI is InChI=1S/C27H28FN3O4/c28-20-3-4-22-24(16-20)35-29-27(22)19-7-11-30(12-8-19)13-9-21-10-14-31(21)26(32)6-2-18-1-5-23-25(15-18)34-17-33-23/h1-6,15-16,19,21H,7-14,17H2/t21-/m1/s1. The Bertz CT molecular complexity index is 1260. The van der Waals surface area contributed by atoms with Crippen LogP contribution in [0, 0.1) is 5.82 Å². The molecule has 0 aliphatic carbocycles. The Balaban J connectivity index is 0.981. The number of nitrogens with zero attached hydrogens (tertiary/aromatic N) is 3. The van der Waals surface area contributed by atoms with Gasteiger partial charge < -0.3 is 23.8 Å². The third-order valence-corrected chi connectivity index (χ3v) is 7.46. The van der Waals surface area contributed by atoms with Gasteiger partial charge in [0.1, 0.15) is 5.82 Å². The Kier molecular flexibility index (Phi) is 5.90. The van der Waals surface area contributed by atoms with Crippen molar-refractivity contribution in [1.82, 2.24) is 15.0 Å². The summed E-state index contributed by atoms with van der Waals surface area (Å²) >= 11 is 0. The molecule has 35 heavy (non-hydrogen) atoms. The lowest BCUT2D eigenvalue weighted by atomic mass is 9.91. The number of hydrogen-bond acceptors (Lipinski definition) is 6. The number of carbonyl (C=O) groups excluding carboxylic acids is 1. The zero-order valence-electron chi connectivity index (χ0n) is 19.5. The van der Waals surface area contributed by atoms with Crippen LogP contribution in [0.15, 0.2) is 47.0 Å². The number of piperidine rings is 1. The number of fused-ring (bicyclic) bond motifs is 2. The lowest BCUT2D eigenvalue weighted by Crippen LogP contribution is -2.51. The topological polar surface area (TPSA) is 68.0 Å². The van der Waals surface area contributed by atoms with E-state index in [0.29, 0.717) is 17.5 Å². The molecule has 3 aliphatic rings. The van der Waals surface area contributed by atoms with E-state index in [1.165, 1.54) is 12.1 Å². The van der Waals surface area contributed by atoms with Gasteiger partial charge in [0.2, 0.25) is 12.7 Å². The SMILES string of the molecule is O=C(C=Cc1ccc2c(c1)OCO2)N1CC[C@H]1CCN1CCC(c2noc3cc(F)ccc23)CC1. The molecule has 2 fully saturated rings. The summed E-state index contributed by atoms with van der Waals surface area (Å²) in [6.07, 6.45) is 7.55. The number of hydrogen-bond donors (Lipinski definition) is 0. The highest BCUT2D eigenvalue weighted by Crippen LogP contribution is 2.34. The Labute approximate surface area is 203 Å². The van der Waals surface area contributed by atoms with Gasteiger partial charge in [0.15, 0.2) is 17.1 Å². The molecule has 7 nitrogen and oxygen atoms in total. The Morgan fingerprint density at radius 2 is 1.91 bits per heavy atom. The van der Waals surface area contributed by atoms with Gasteiger partial charge in [-0.1, -0.05) is 11.2 Å². The fourth-order valence-corrected chi connectivity index (χ4v) is 5.30. The molecule has 0 N–H and O–H groups in total. The number of amides is 1. The van der Waals surface area contributed by atoms with Crippen molar-refractivity contribution >= 4 is 23.0 Å². The van der Waals surface area contributed by atoms with Crippen LogP contribution >= 0.6 is 0 Å². The third-order valence-electron chi connectivity index (χ3n) is 7.46. The maximum atomic E-state index is 13.4. The van der Waals surface area contributed by atoms with Crippen LogP contribution < -0.4 is 9.47 Å². The summed E-state index contributed by atoms with van der Waals surface area (Å²) in [5, 5.41) is 5.16. The minimum Gasteiger partial charge on any atom is -0.454 e. The fraction of sp³-hybridized carbons (Fsp3) is 0.407. The predicted molar refractivity (Wildman–Crippen MR) is 129 cm³/mol. The molecule has 2 aromatic carbocycles. The molecule has 0 bridgehead atoms. The number of ether oxygens (including phenoxy) is 2. The summed E-state index contributed by atoms with van der Waals surface area (Å²) < 4.78 is 29.5. The largest absolute Gasteiger partial charge is 0.454 e. The van der Waals surface area contributed by atoms with Gasteiger partial charge in [-0.2, -0.15) is 0 Å². The zero-order chi connectivity index (χ0) is 23.8. The predicted octanol–water partition coefficient (Wildman–Crippen LogP) is 4.58. The monoisotopic (exact) mass is 477 g/mol. The molecule has 4 heterocycles. The van der Waals surface area contributed by atoms with Gasteiger partial charge >= 0.3 is 0 Å². The van der Waals surface area contributed by atoms with Crippen molar-refractivity contribution in [2.75, 3.05) is 33.0 Å². The number of carbonyl (C=O) groups is 1. The zero-order valence-corrected chi connectivity index (χ0v) is 19.5. The Hall–Kier alpha value is -3.39. The van der Waals surface area contributed by atoms with Crippen LogP contribution in [0.2, 0.25) is 0 Å². The van der Waals surface area contributed by atoms with Crippen molar-refractivity contribution in [3.05, 3.63) is 59.5 Å². The van der Waals surface area contributed by atoms with Crippen LogP contribution in [0.1, 0.15) is 42.9 Å². The minimum atomic E-state index is -0.304. The minimum absolute atomic E-state index is 0.0620. The van der Waals surface area contributed by atoms with E-state index in [2.05, 4.69) is 10.1 Å². The van der Waals surface area contributed by atoms with Crippen molar-refractivity contribution in [2.45, 2.75) is 37.6 Å². The van der Waals surface area contributed by atoms with Gasteiger partial charge in [-0.15, -0.1) is 0 Å². The van der Waals surface area contributed by atoms with E-state index >= 15 is 0 Å². The first-order chi connectivity index (χ1) is 17.1. The number of aromatic nitrogens is 1. The summed E-state index contributed by atoms with van der Waals surface area (Å²) in [5.74, 6) is 1.55. The molecule has 182 valence electrons. The van der Waals surface area contributed by atoms with E-state index in [-0.39, 0.29) is 18.5 Å². The smallest absolute Gasteiger partial charge is 0.246 e. The van der Waals surface area contributed by atoms with E-state index in [4.69, 9.17) is 14.0 Å². The first kappa shape index (κ1) is 22.1. The highest BCUT2D eigenvalue weighted by molar-refractivity contribution is 5.92. The molecule has 8 heteroatoms. The molecule has 0 unspecified atom stereocenters. The molecular weight excluding hydrogens is 449 g/mol. The maximum absolute atomic E-state index is 13.4. The van der Waals surface area contributed by atoms with Gasteiger partial charge in [-0.25, -0.2) is 4.39 Å². The van der Waals surface area contributed by atoms with Gasteiger partial charge in [0.05, 0.1) is 5.69 Å². The first-order valence-electron chi connectivity index (χ1n) is 12.3. The molecule has 0 radical (unpaired) electrons. The normalized spacial score (nSPS) is 20.6. The van der Waals surface area contributed by atoms with E-state index in [1.54, 1.807) is 12.1 Å². The van der Waals surface area contributed by atoms with Gasteiger partial charge in [0, 0.05) is 42.6 Å². The second-order valence-corrected chi connectivity index (χ2v) is 9.53. The van der Waals surface area contributed by atoms with Crippen LogP contribution in [0.25, 0.3) is 17.0 Å². The van der Waals surface area contributed by atoms with Crippen molar-refractivity contribution in [1.29, 1.82) is 0 Å². The molecule has 3 aromatic rings. The molecular formula is C27H28FN3O4. The van der Waals surface area contributed by atoms with Crippen LogP contribution in [0.5, 0.6) is 11.5 Å². The van der Waals surface area contributed by atoms with Gasteiger partial charge in [0.25, 0.3) is 0 Å². The van der Waals surface area contributed by atoms with Gasteiger partial charge in [-0.3, -0.25) is 4.79 Å². The Morgan fingerprint density at radius 1 is 1.06 bits per heavy atom. The lowest BCUT2D eigenvalue weighted by molar-refractivity contribution is -0.133. The van der Waals surface area contributed by atoms with Gasteiger partial charge in [-0.05, 0) is 74.7 Å². The second-order valence-electron chi connectivity index (χ2n) is 9.53. The summed E-state index contributed by atoms with van der Waals surface area (Å²) in [7, 11) is 0. The highest BCUT2D eigenvalue weighted by atomic mass is 19.1. The average molecular weight is 478 g/mol. The quantitative estimate of drug-likeness (QED) is 0.484. The summed E-state index contributed by atoms with van der Waals surface area (Å²) in [6.45, 7) is 4.03. The van der Waals surface area contributed by atoms with Crippen LogP contribution in [-0.4, -0.2) is 59.9 Å². The number of halogens is 1. The molecule has 1 aromatic heterocycles.